The fourth-order valence-corrected chi connectivity index (χ4v) is 2.03. The first kappa shape index (κ1) is 13.4. The van der Waals surface area contributed by atoms with Crippen LogP contribution in [-0.2, 0) is 4.79 Å². The molecule has 1 atom stereocenters. The summed E-state index contributed by atoms with van der Waals surface area (Å²) in [7, 11) is 0. The second-order valence-electron chi connectivity index (χ2n) is 4.24. The molecule has 0 aliphatic carbocycles. The lowest BCUT2D eigenvalue weighted by molar-refractivity contribution is -0.124. The summed E-state index contributed by atoms with van der Waals surface area (Å²) in [5, 5.41) is 0. The van der Waals surface area contributed by atoms with Crippen molar-refractivity contribution < 1.29 is 4.79 Å². The van der Waals surface area contributed by atoms with Crippen LogP contribution in [0.3, 0.4) is 0 Å². The number of hydrogen-bond acceptors (Lipinski definition) is 1. The number of Topliss-reactive ketones (excluding diaryl/α,β-unsaturated/α-hetero) is 1. The first-order valence-electron chi connectivity index (χ1n) is 5.08. The highest BCUT2D eigenvalue weighted by Gasteiger charge is 2.31. The number of alkyl halides is 1. The molecule has 0 amide bonds. The molecule has 1 nitrogen and oxygen atoms in total. The van der Waals surface area contributed by atoms with E-state index >= 15 is 0 Å². The summed E-state index contributed by atoms with van der Waals surface area (Å²) < 4.78 is 0.481. The summed E-state index contributed by atoms with van der Waals surface area (Å²) in [5.41, 5.74) is -0.145. The third-order valence-electron chi connectivity index (χ3n) is 2.75. The first-order chi connectivity index (χ1) is 5.92. The standard InChI is InChI=1S/C11H21IO/c1-5-6-7-8-10(12)11(3,4)9(2)13/h10H,5-8H2,1-4H3. The molecule has 0 radical (unpaired) electrons. The van der Waals surface area contributed by atoms with Crippen molar-refractivity contribution in [2.75, 3.05) is 0 Å². The van der Waals surface area contributed by atoms with E-state index in [1.807, 2.05) is 0 Å². The van der Waals surface area contributed by atoms with Crippen LogP contribution in [0.4, 0.5) is 0 Å². The summed E-state index contributed by atoms with van der Waals surface area (Å²) in [6.07, 6.45) is 4.96. The minimum absolute atomic E-state index is 0.145. The molecule has 0 aliphatic rings. The van der Waals surface area contributed by atoms with Crippen molar-refractivity contribution in [2.24, 2.45) is 5.41 Å². The molecule has 0 N–H and O–H groups in total. The number of carbonyl (C=O) groups excluding carboxylic acids is 1. The molecule has 0 heterocycles. The fourth-order valence-electron chi connectivity index (χ4n) is 1.15. The van der Waals surface area contributed by atoms with Crippen molar-refractivity contribution in [3.05, 3.63) is 0 Å². The monoisotopic (exact) mass is 296 g/mol. The number of rotatable bonds is 6. The summed E-state index contributed by atoms with van der Waals surface area (Å²) >= 11 is 2.42. The van der Waals surface area contributed by atoms with Gasteiger partial charge in [0.1, 0.15) is 5.78 Å². The number of carbonyl (C=O) groups is 1. The van der Waals surface area contributed by atoms with E-state index < -0.39 is 0 Å². The Kier molecular flexibility index (Phi) is 6.18. The molecule has 0 saturated heterocycles. The molecule has 78 valence electrons. The van der Waals surface area contributed by atoms with Gasteiger partial charge < -0.3 is 0 Å². The molecule has 0 aliphatic heterocycles. The molecular weight excluding hydrogens is 275 g/mol. The quantitative estimate of drug-likeness (QED) is 0.411. The second-order valence-corrected chi connectivity index (χ2v) is 5.74. The number of ketones is 1. The van der Waals surface area contributed by atoms with Gasteiger partial charge in [0.2, 0.25) is 0 Å². The smallest absolute Gasteiger partial charge is 0.136 e. The first-order valence-corrected chi connectivity index (χ1v) is 6.32. The van der Waals surface area contributed by atoms with Crippen molar-refractivity contribution in [3.63, 3.8) is 0 Å². The number of hydrogen-bond donors (Lipinski definition) is 0. The lowest BCUT2D eigenvalue weighted by atomic mass is 9.83. The summed E-state index contributed by atoms with van der Waals surface area (Å²) in [4.78, 5) is 11.3. The highest BCUT2D eigenvalue weighted by Crippen LogP contribution is 2.32. The predicted octanol–water partition coefficient (Wildman–Crippen LogP) is 3.99. The van der Waals surface area contributed by atoms with Crippen molar-refractivity contribution in [1.29, 1.82) is 0 Å². The molecule has 1 unspecified atom stereocenters. The van der Waals surface area contributed by atoms with E-state index in [2.05, 4.69) is 43.4 Å². The van der Waals surface area contributed by atoms with Crippen molar-refractivity contribution in [3.8, 4) is 0 Å². The maximum Gasteiger partial charge on any atom is 0.136 e. The molecular formula is C11H21IO. The molecule has 0 aromatic heterocycles. The van der Waals surface area contributed by atoms with Crippen LogP contribution in [0, 0.1) is 5.41 Å². The maximum absolute atomic E-state index is 11.3. The third-order valence-corrected chi connectivity index (χ3v) is 4.93. The van der Waals surface area contributed by atoms with Gasteiger partial charge in [0.15, 0.2) is 0 Å². The van der Waals surface area contributed by atoms with Crippen molar-refractivity contribution in [1.82, 2.24) is 0 Å². The Labute approximate surface area is 95.8 Å². The van der Waals surface area contributed by atoms with E-state index in [1.165, 1.54) is 25.7 Å². The van der Waals surface area contributed by atoms with E-state index in [-0.39, 0.29) is 5.41 Å². The summed E-state index contributed by atoms with van der Waals surface area (Å²) in [6.45, 7) is 8.01. The van der Waals surface area contributed by atoms with Crippen LogP contribution in [0.15, 0.2) is 0 Å². The van der Waals surface area contributed by atoms with Crippen molar-refractivity contribution in [2.45, 2.75) is 57.3 Å². The van der Waals surface area contributed by atoms with Crippen LogP contribution in [0.5, 0.6) is 0 Å². The summed E-state index contributed by atoms with van der Waals surface area (Å²) in [6, 6.07) is 0. The molecule has 0 bridgehead atoms. The highest BCUT2D eigenvalue weighted by molar-refractivity contribution is 14.1. The van der Waals surface area contributed by atoms with E-state index in [0.29, 0.717) is 9.71 Å². The molecule has 0 fully saturated rings. The van der Waals surface area contributed by atoms with E-state index in [0.717, 1.165) is 0 Å². The van der Waals surface area contributed by atoms with Gasteiger partial charge >= 0.3 is 0 Å². The number of unbranched alkanes of at least 4 members (excludes halogenated alkanes) is 2. The molecule has 0 aromatic rings. The van der Waals surface area contributed by atoms with Crippen LogP contribution in [0.25, 0.3) is 0 Å². The highest BCUT2D eigenvalue weighted by atomic mass is 127. The average Bonchev–Trinajstić information content (AvgIpc) is 2.04. The van der Waals surface area contributed by atoms with E-state index in [9.17, 15) is 4.79 Å². The number of halogens is 1. The van der Waals surface area contributed by atoms with Crippen LogP contribution in [0.1, 0.15) is 53.4 Å². The maximum atomic E-state index is 11.3. The Morgan fingerprint density at radius 1 is 1.38 bits per heavy atom. The van der Waals surface area contributed by atoms with Gasteiger partial charge in [0.25, 0.3) is 0 Å². The van der Waals surface area contributed by atoms with Gasteiger partial charge in [-0.1, -0.05) is 62.6 Å². The van der Waals surface area contributed by atoms with Gasteiger partial charge in [0, 0.05) is 9.34 Å². The topological polar surface area (TPSA) is 17.1 Å². The Morgan fingerprint density at radius 3 is 2.31 bits per heavy atom. The largest absolute Gasteiger partial charge is 0.299 e. The zero-order valence-electron chi connectivity index (χ0n) is 9.19. The zero-order valence-corrected chi connectivity index (χ0v) is 11.3. The predicted molar refractivity (Wildman–Crippen MR) is 66.4 cm³/mol. The minimum Gasteiger partial charge on any atom is -0.299 e. The Balaban J connectivity index is 3.94. The van der Waals surface area contributed by atoms with Crippen LogP contribution < -0.4 is 0 Å². The van der Waals surface area contributed by atoms with Crippen LogP contribution in [0.2, 0.25) is 0 Å². The zero-order chi connectivity index (χ0) is 10.5. The van der Waals surface area contributed by atoms with Gasteiger partial charge in [-0.05, 0) is 13.3 Å². The average molecular weight is 296 g/mol. The molecule has 0 aromatic carbocycles. The Hall–Kier alpha value is 0.400. The van der Waals surface area contributed by atoms with Gasteiger partial charge in [-0.25, -0.2) is 0 Å². The molecule has 0 saturated carbocycles. The lowest BCUT2D eigenvalue weighted by Gasteiger charge is -2.27. The Morgan fingerprint density at radius 2 is 1.92 bits per heavy atom. The minimum atomic E-state index is -0.145. The molecule has 13 heavy (non-hydrogen) atoms. The Bertz CT molecular complexity index is 163. The van der Waals surface area contributed by atoms with Gasteiger partial charge in [0.05, 0.1) is 0 Å². The second kappa shape index (κ2) is 5.99. The van der Waals surface area contributed by atoms with Gasteiger partial charge in [-0.2, -0.15) is 0 Å². The third kappa shape index (κ3) is 4.43. The summed E-state index contributed by atoms with van der Waals surface area (Å²) in [5.74, 6) is 0.309. The van der Waals surface area contributed by atoms with Crippen molar-refractivity contribution >= 4 is 28.4 Å². The lowest BCUT2D eigenvalue weighted by Crippen LogP contribution is -2.31. The normalized spacial score (nSPS) is 14.2. The fraction of sp³-hybridized carbons (Fsp3) is 0.909. The van der Waals surface area contributed by atoms with Crippen LogP contribution in [-0.4, -0.2) is 9.71 Å². The van der Waals surface area contributed by atoms with E-state index in [4.69, 9.17) is 0 Å². The van der Waals surface area contributed by atoms with Crippen LogP contribution >= 0.6 is 22.6 Å². The van der Waals surface area contributed by atoms with Gasteiger partial charge in [-0.3, -0.25) is 4.79 Å². The molecule has 2 heteroatoms. The van der Waals surface area contributed by atoms with E-state index in [1.54, 1.807) is 6.92 Å². The molecule has 0 rings (SSSR count). The molecule has 0 spiro atoms. The van der Waals surface area contributed by atoms with Gasteiger partial charge in [-0.15, -0.1) is 0 Å². The SMILES string of the molecule is CCCCCC(I)C(C)(C)C(C)=O.